The molecule has 0 saturated carbocycles. The number of amides is 2. The van der Waals surface area contributed by atoms with Crippen LogP contribution in [0.25, 0.3) is 10.9 Å². The van der Waals surface area contributed by atoms with E-state index in [1.807, 2.05) is 41.4 Å². The summed E-state index contributed by atoms with van der Waals surface area (Å²) >= 11 is 0. The summed E-state index contributed by atoms with van der Waals surface area (Å²) in [7, 11) is 0. The molecule has 0 spiro atoms. The van der Waals surface area contributed by atoms with Crippen LogP contribution in [0.5, 0.6) is 0 Å². The van der Waals surface area contributed by atoms with Gasteiger partial charge in [-0.25, -0.2) is 0 Å². The van der Waals surface area contributed by atoms with Crippen LogP contribution in [0.15, 0.2) is 66.9 Å². The Morgan fingerprint density at radius 1 is 1.09 bits per heavy atom. The summed E-state index contributed by atoms with van der Waals surface area (Å²) in [6.45, 7) is 5.67. The van der Waals surface area contributed by atoms with Gasteiger partial charge < -0.3 is 15.0 Å². The molecule has 1 aliphatic heterocycles. The molecule has 2 aromatic carbocycles. The maximum Gasteiger partial charge on any atom is 0.252 e. The molecule has 2 amide bonds. The number of fused-ring (bicyclic) bond motifs is 1. The minimum Gasteiger partial charge on any atom is -0.379 e. The average molecular weight is 432 g/mol. The van der Waals surface area contributed by atoms with Gasteiger partial charge in [-0.3, -0.25) is 14.6 Å². The van der Waals surface area contributed by atoms with Gasteiger partial charge in [-0.05, 0) is 44.0 Å². The second kappa shape index (κ2) is 9.49. The molecule has 1 aliphatic rings. The van der Waals surface area contributed by atoms with Gasteiger partial charge in [0.15, 0.2) is 0 Å². The number of carbonyl (C=O) groups excluding carboxylic acids is 2. The predicted molar refractivity (Wildman–Crippen MR) is 124 cm³/mol. The van der Waals surface area contributed by atoms with E-state index in [1.54, 1.807) is 26.0 Å². The zero-order valence-electron chi connectivity index (χ0n) is 18.6. The van der Waals surface area contributed by atoms with Gasteiger partial charge in [0.1, 0.15) is 5.54 Å². The van der Waals surface area contributed by atoms with Crippen LogP contribution in [0.4, 0.5) is 0 Å². The van der Waals surface area contributed by atoms with Crippen LogP contribution in [0.2, 0.25) is 0 Å². The van der Waals surface area contributed by atoms with E-state index in [2.05, 4.69) is 28.5 Å². The molecule has 0 bridgehead atoms. The molecule has 1 N–H and O–H groups in total. The number of hydrogen-bond acceptors (Lipinski definition) is 4. The SMILES string of the molecule is CC(C)(NC(=O)c1ccccc1)C(=O)N1CCOC[C@H](Cc2cccc3cccnc23)C1. The van der Waals surface area contributed by atoms with E-state index in [1.165, 1.54) is 0 Å². The van der Waals surface area contributed by atoms with Crippen LogP contribution >= 0.6 is 0 Å². The van der Waals surface area contributed by atoms with E-state index in [0.29, 0.717) is 31.9 Å². The van der Waals surface area contributed by atoms with Crippen molar-refractivity contribution in [3.8, 4) is 0 Å². The lowest BCUT2D eigenvalue weighted by atomic mass is 9.96. The monoisotopic (exact) mass is 431 g/mol. The maximum atomic E-state index is 13.4. The largest absolute Gasteiger partial charge is 0.379 e. The number of benzene rings is 2. The third-order valence-corrected chi connectivity index (χ3v) is 5.85. The lowest BCUT2D eigenvalue weighted by Gasteiger charge is -2.33. The molecule has 2 heterocycles. The van der Waals surface area contributed by atoms with Crippen molar-refractivity contribution in [2.45, 2.75) is 25.8 Å². The fraction of sp³-hybridized carbons (Fsp3) is 0.346. The van der Waals surface area contributed by atoms with Gasteiger partial charge in [0.05, 0.1) is 18.7 Å². The highest BCUT2D eigenvalue weighted by Gasteiger charge is 2.35. The molecule has 3 aromatic rings. The number of nitrogens with one attached hydrogen (secondary N) is 1. The second-order valence-corrected chi connectivity index (χ2v) is 8.83. The highest BCUT2D eigenvalue weighted by atomic mass is 16.5. The normalized spacial score (nSPS) is 17.1. The van der Waals surface area contributed by atoms with Crippen molar-refractivity contribution in [2.75, 3.05) is 26.3 Å². The minimum atomic E-state index is -1.02. The topological polar surface area (TPSA) is 71.5 Å². The van der Waals surface area contributed by atoms with Crippen LogP contribution in [-0.4, -0.2) is 53.5 Å². The molecular formula is C26H29N3O3. The average Bonchev–Trinajstić information content (AvgIpc) is 3.04. The van der Waals surface area contributed by atoms with Crippen molar-refractivity contribution < 1.29 is 14.3 Å². The first kappa shape index (κ1) is 22.0. The Hall–Kier alpha value is -3.25. The molecule has 1 fully saturated rings. The molecule has 0 aliphatic carbocycles. The lowest BCUT2D eigenvalue weighted by Crippen LogP contribution is -2.56. The molecule has 0 radical (unpaired) electrons. The lowest BCUT2D eigenvalue weighted by molar-refractivity contribution is -0.137. The fourth-order valence-corrected chi connectivity index (χ4v) is 4.23. The van der Waals surface area contributed by atoms with E-state index in [0.717, 1.165) is 22.9 Å². The van der Waals surface area contributed by atoms with E-state index < -0.39 is 5.54 Å². The van der Waals surface area contributed by atoms with Crippen LogP contribution in [0, 0.1) is 5.92 Å². The van der Waals surface area contributed by atoms with Crippen molar-refractivity contribution in [1.29, 1.82) is 0 Å². The fourth-order valence-electron chi connectivity index (χ4n) is 4.23. The van der Waals surface area contributed by atoms with Crippen LogP contribution < -0.4 is 5.32 Å². The van der Waals surface area contributed by atoms with Crippen molar-refractivity contribution in [3.63, 3.8) is 0 Å². The number of aromatic nitrogens is 1. The number of ether oxygens (including phenoxy) is 1. The Balaban J connectivity index is 1.47. The van der Waals surface area contributed by atoms with E-state index in [-0.39, 0.29) is 17.7 Å². The Morgan fingerprint density at radius 3 is 2.69 bits per heavy atom. The minimum absolute atomic E-state index is 0.103. The summed E-state index contributed by atoms with van der Waals surface area (Å²) in [6, 6.07) is 19.1. The molecule has 4 rings (SSSR count). The molecule has 1 aromatic heterocycles. The van der Waals surface area contributed by atoms with Gasteiger partial charge >= 0.3 is 0 Å². The molecule has 1 saturated heterocycles. The Kier molecular flexibility index (Phi) is 6.51. The van der Waals surface area contributed by atoms with Gasteiger partial charge in [0.2, 0.25) is 5.91 Å². The maximum absolute atomic E-state index is 13.4. The van der Waals surface area contributed by atoms with Gasteiger partial charge in [0.25, 0.3) is 5.91 Å². The molecular weight excluding hydrogens is 402 g/mol. The van der Waals surface area contributed by atoms with Crippen molar-refractivity contribution in [1.82, 2.24) is 15.2 Å². The van der Waals surface area contributed by atoms with Gasteiger partial charge in [0, 0.05) is 36.2 Å². The van der Waals surface area contributed by atoms with Crippen LogP contribution in [0.3, 0.4) is 0 Å². The summed E-state index contributed by atoms with van der Waals surface area (Å²) in [6.07, 6.45) is 2.58. The first-order valence-electron chi connectivity index (χ1n) is 11.0. The van der Waals surface area contributed by atoms with E-state index in [4.69, 9.17) is 4.74 Å². The Bertz CT molecular complexity index is 1090. The standard InChI is InChI=1S/C26H29N3O3/c1-26(2,28-24(30)21-8-4-3-5-9-21)25(31)29-14-15-32-18-19(17-29)16-22-11-6-10-20-12-7-13-27-23(20)22/h3-13,19H,14-18H2,1-2H3,(H,28,30)/t19-/m1/s1. The molecule has 32 heavy (non-hydrogen) atoms. The van der Waals surface area contributed by atoms with Gasteiger partial charge in [-0.2, -0.15) is 0 Å². The number of nitrogens with zero attached hydrogens (tertiary/aromatic N) is 2. The smallest absolute Gasteiger partial charge is 0.252 e. The highest BCUT2D eigenvalue weighted by Crippen LogP contribution is 2.22. The third-order valence-electron chi connectivity index (χ3n) is 5.85. The zero-order chi connectivity index (χ0) is 22.6. The van der Waals surface area contributed by atoms with Gasteiger partial charge in [-0.15, -0.1) is 0 Å². The number of carbonyl (C=O) groups is 2. The van der Waals surface area contributed by atoms with Gasteiger partial charge in [-0.1, -0.05) is 42.5 Å². The summed E-state index contributed by atoms with van der Waals surface area (Å²) in [5.74, 6) is -0.212. The first-order chi connectivity index (χ1) is 15.4. The Labute approximate surface area is 188 Å². The molecule has 166 valence electrons. The first-order valence-corrected chi connectivity index (χ1v) is 11.0. The summed E-state index contributed by atoms with van der Waals surface area (Å²) in [5, 5.41) is 4.01. The van der Waals surface area contributed by atoms with Crippen molar-refractivity contribution in [2.24, 2.45) is 5.92 Å². The Morgan fingerprint density at radius 2 is 1.88 bits per heavy atom. The van der Waals surface area contributed by atoms with Crippen LogP contribution in [-0.2, 0) is 16.0 Å². The van der Waals surface area contributed by atoms with Crippen LogP contribution in [0.1, 0.15) is 29.8 Å². The third kappa shape index (κ3) is 4.97. The zero-order valence-corrected chi connectivity index (χ0v) is 18.6. The molecule has 1 atom stereocenters. The van der Waals surface area contributed by atoms with E-state index >= 15 is 0 Å². The quantitative estimate of drug-likeness (QED) is 0.672. The molecule has 6 heteroatoms. The van der Waals surface area contributed by atoms with Crippen molar-refractivity contribution in [3.05, 3.63) is 78.0 Å². The van der Waals surface area contributed by atoms with Crippen molar-refractivity contribution >= 4 is 22.7 Å². The number of pyridine rings is 1. The van der Waals surface area contributed by atoms with E-state index in [9.17, 15) is 9.59 Å². The summed E-state index contributed by atoms with van der Waals surface area (Å²) in [5.41, 5.74) is 1.66. The molecule has 0 unspecified atom stereocenters. The number of rotatable bonds is 5. The second-order valence-electron chi connectivity index (χ2n) is 8.83. The number of hydrogen-bond donors (Lipinski definition) is 1. The summed E-state index contributed by atoms with van der Waals surface area (Å²) < 4.78 is 5.83. The number of para-hydroxylation sites is 1. The molecule has 6 nitrogen and oxygen atoms in total. The highest BCUT2D eigenvalue weighted by molar-refractivity contribution is 5.98. The summed E-state index contributed by atoms with van der Waals surface area (Å²) in [4.78, 5) is 32.4. The predicted octanol–water partition coefficient (Wildman–Crippen LogP) is 3.46.